The highest BCUT2D eigenvalue weighted by molar-refractivity contribution is 5.85. The molecular weight excluding hydrogens is 476 g/mol. The van der Waals surface area contributed by atoms with E-state index in [9.17, 15) is 14.4 Å². The summed E-state index contributed by atoms with van der Waals surface area (Å²) in [5, 5.41) is 6.52. The van der Waals surface area contributed by atoms with E-state index in [0.29, 0.717) is 42.7 Å². The normalized spacial score (nSPS) is 25.5. The maximum Gasteiger partial charge on any atom is 0.303 e. The third-order valence-corrected chi connectivity index (χ3v) is 5.68. The largest absolute Gasteiger partial charge is 0.463 e. The van der Waals surface area contributed by atoms with Gasteiger partial charge in [-0.2, -0.15) is 0 Å². The maximum absolute atomic E-state index is 12.0. The molecule has 4 heterocycles. The molecule has 0 radical (unpaired) electrons. The molecule has 5 unspecified atom stereocenters. The van der Waals surface area contributed by atoms with Crippen molar-refractivity contribution < 1.29 is 38.1 Å². The third-order valence-electron chi connectivity index (χ3n) is 5.68. The van der Waals surface area contributed by atoms with Crippen molar-refractivity contribution in [1.82, 2.24) is 19.5 Å². The average molecular weight is 507 g/mol. The Morgan fingerprint density at radius 3 is 2.50 bits per heavy atom. The number of hydrogen-bond acceptors (Lipinski definition) is 13. The number of rotatable bonds is 9. The summed E-state index contributed by atoms with van der Waals surface area (Å²) in [6.45, 7) is 7.14. The van der Waals surface area contributed by atoms with Crippen LogP contribution in [0.3, 0.4) is 0 Å². The van der Waals surface area contributed by atoms with Crippen LogP contribution < -0.4 is 10.6 Å². The van der Waals surface area contributed by atoms with Gasteiger partial charge < -0.3 is 34.3 Å². The lowest BCUT2D eigenvalue weighted by Gasteiger charge is -2.24. The van der Waals surface area contributed by atoms with Crippen LogP contribution in [0.25, 0.3) is 11.2 Å². The number of nitrogens with zero attached hydrogens (tertiary/aromatic N) is 4. The molecule has 0 aliphatic carbocycles. The monoisotopic (exact) mass is 506 g/mol. The fraction of sp³-hybridized carbons (Fsp3) is 0.636. The van der Waals surface area contributed by atoms with E-state index in [1.807, 2.05) is 6.92 Å². The molecule has 2 saturated heterocycles. The molecule has 0 saturated carbocycles. The second-order valence-corrected chi connectivity index (χ2v) is 8.45. The summed E-state index contributed by atoms with van der Waals surface area (Å²) in [6, 6.07) is 0.0776. The SMILES string of the molecule is CCNc1nc2c(NC3CCOC3)ncnc2n1C1OC(COC(C)=O)C(OC(C)=O)C1OC(C)=O. The summed E-state index contributed by atoms with van der Waals surface area (Å²) in [7, 11) is 0. The van der Waals surface area contributed by atoms with Crippen molar-refractivity contribution in [3.63, 3.8) is 0 Å². The fourth-order valence-corrected chi connectivity index (χ4v) is 4.28. The van der Waals surface area contributed by atoms with Gasteiger partial charge in [0.25, 0.3) is 0 Å². The molecule has 0 amide bonds. The van der Waals surface area contributed by atoms with Crippen molar-refractivity contribution in [2.24, 2.45) is 0 Å². The number of nitrogens with one attached hydrogen (secondary N) is 2. The van der Waals surface area contributed by atoms with Crippen molar-refractivity contribution >= 4 is 40.8 Å². The van der Waals surface area contributed by atoms with E-state index >= 15 is 0 Å². The summed E-state index contributed by atoms with van der Waals surface area (Å²) in [4.78, 5) is 48.9. The van der Waals surface area contributed by atoms with Gasteiger partial charge in [0.15, 0.2) is 35.4 Å². The Morgan fingerprint density at radius 2 is 1.86 bits per heavy atom. The second-order valence-electron chi connectivity index (χ2n) is 8.45. The molecule has 2 fully saturated rings. The Balaban J connectivity index is 1.78. The van der Waals surface area contributed by atoms with Crippen LogP contribution in [0.5, 0.6) is 0 Å². The van der Waals surface area contributed by atoms with E-state index < -0.39 is 42.4 Å². The Labute approximate surface area is 207 Å². The van der Waals surface area contributed by atoms with Gasteiger partial charge in [0.1, 0.15) is 19.0 Å². The van der Waals surface area contributed by atoms with E-state index in [2.05, 4.69) is 20.6 Å². The van der Waals surface area contributed by atoms with Gasteiger partial charge in [-0.05, 0) is 13.3 Å². The van der Waals surface area contributed by atoms with Crippen LogP contribution in [0, 0.1) is 0 Å². The van der Waals surface area contributed by atoms with Gasteiger partial charge in [0.2, 0.25) is 5.95 Å². The van der Waals surface area contributed by atoms with E-state index in [4.69, 9.17) is 28.7 Å². The molecule has 2 aliphatic rings. The highest BCUT2D eigenvalue weighted by Crippen LogP contribution is 2.39. The minimum absolute atomic E-state index is 0.0776. The highest BCUT2D eigenvalue weighted by Gasteiger charge is 2.51. The molecule has 2 aliphatic heterocycles. The van der Waals surface area contributed by atoms with Gasteiger partial charge in [-0.15, -0.1) is 0 Å². The molecule has 2 N–H and O–H groups in total. The average Bonchev–Trinajstić information content (AvgIpc) is 3.52. The minimum atomic E-state index is -1.07. The van der Waals surface area contributed by atoms with Crippen LogP contribution in [-0.4, -0.2) is 88.1 Å². The summed E-state index contributed by atoms with van der Waals surface area (Å²) < 4.78 is 29.5. The Kier molecular flexibility index (Phi) is 7.84. The summed E-state index contributed by atoms with van der Waals surface area (Å²) in [5.41, 5.74) is 0.872. The molecule has 36 heavy (non-hydrogen) atoms. The molecular formula is C22H30N6O8. The predicted molar refractivity (Wildman–Crippen MR) is 124 cm³/mol. The van der Waals surface area contributed by atoms with Crippen molar-refractivity contribution in [3.05, 3.63) is 6.33 Å². The quantitative estimate of drug-likeness (QED) is 0.362. The van der Waals surface area contributed by atoms with Crippen molar-refractivity contribution in [2.75, 3.05) is 37.0 Å². The van der Waals surface area contributed by atoms with Gasteiger partial charge in [-0.25, -0.2) is 15.0 Å². The first-order chi connectivity index (χ1) is 17.3. The van der Waals surface area contributed by atoms with E-state index in [1.165, 1.54) is 27.1 Å². The first-order valence-corrected chi connectivity index (χ1v) is 11.7. The van der Waals surface area contributed by atoms with Crippen molar-refractivity contribution in [3.8, 4) is 0 Å². The highest BCUT2D eigenvalue weighted by atomic mass is 16.7. The number of fused-ring (bicyclic) bond motifs is 1. The number of aromatic nitrogens is 4. The first-order valence-electron chi connectivity index (χ1n) is 11.7. The number of carbonyl (C=O) groups is 3. The van der Waals surface area contributed by atoms with E-state index in [-0.39, 0.29) is 12.6 Å². The minimum Gasteiger partial charge on any atom is -0.463 e. The van der Waals surface area contributed by atoms with Crippen LogP contribution in [-0.2, 0) is 38.1 Å². The summed E-state index contributed by atoms with van der Waals surface area (Å²) in [5.74, 6) is -0.844. The zero-order chi connectivity index (χ0) is 25.8. The molecule has 14 heteroatoms. The Bertz CT molecular complexity index is 1120. The lowest BCUT2D eigenvalue weighted by atomic mass is 10.1. The molecule has 4 rings (SSSR count). The lowest BCUT2D eigenvalue weighted by molar-refractivity contribution is -0.166. The number of hydrogen-bond donors (Lipinski definition) is 2. The number of anilines is 2. The predicted octanol–water partition coefficient (Wildman–Crippen LogP) is 0.783. The molecule has 196 valence electrons. The molecule has 2 aromatic rings. The standard InChI is InChI=1S/C22H30N6O8/c1-5-23-22-27-16-19(26-14-6-7-32-8-14)24-10-25-20(16)28(22)21-18(35-13(4)31)17(34-12(3)30)15(36-21)9-33-11(2)29/h10,14-15,17-18,21H,5-9H2,1-4H3,(H,23,27)(H,24,25,26). The third kappa shape index (κ3) is 5.49. The number of imidazole rings is 1. The van der Waals surface area contributed by atoms with E-state index in [1.54, 1.807) is 4.57 Å². The van der Waals surface area contributed by atoms with Crippen molar-refractivity contribution in [2.45, 2.75) is 64.7 Å². The van der Waals surface area contributed by atoms with Gasteiger partial charge in [-0.1, -0.05) is 0 Å². The van der Waals surface area contributed by atoms with Crippen LogP contribution in [0.2, 0.25) is 0 Å². The van der Waals surface area contributed by atoms with Crippen molar-refractivity contribution in [1.29, 1.82) is 0 Å². The molecule has 2 aromatic heterocycles. The number of carbonyl (C=O) groups excluding carboxylic acids is 3. The second kappa shape index (κ2) is 11.0. The molecule has 0 aromatic carbocycles. The van der Waals surface area contributed by atoms with Gasteiger partial charge in [0.05, 0.1) is 12.6 Å². The lowest BCUT2D eigenvalue weighted by Crippen LogP contribution is -2.40. The zero-order valence-corrected chi connectivity index (χ0v) is 20.6. The molecule has 0 bridgehead atoms. The topological polar surface area (TPSA) is 165 Å². The fourth-order valence-electron chi connectivity index (χ4n) is 4.28. The van der Waals surface area contributed by atoms with Crippen LogP contribution in [0.15, 0.2) is 6.33 Å². The van der Waals surface area contributed by atoms with Crippen LogP contribution in [0.4, 0.5) is 11.8 Å². The van der Waals surface area contributed by atoms with E-state index in [0.717, 1.165) is 6.42 Å². The molecule has 5 atom stereocenters. The summed E-state index contributed by atoms with van der Waals surface area (Å²) >= 11 is 0. The Morgan fingerprint density at radius 1 is 1.11 bits per heavy atom. The van der Waals surface area contributed by atoms with Crippen LogP contribution in [0.1, 0.15) is 40.3 Å². The number of esters is 3. The molecule has 0 spiro atoms. The van der Waals surface area contributed by atoms with Gasteiger partial charge in [0, 0.05) is 33.9 Å². The Hall–Kier alpha value is -3.52. The molecule has 14 nitrogen and oxygen atoms in total. The number of ether oxygens (including phenoxy) is 5. The van der Waals surface area contributed by atoms with Gasteiger partial charge >= 0.3 is 17.9 Å². The maximum atomic E-state index is 12.0. The zero-order valence-electron chi connectivity index (χ0n) is 20.6. The first kappa shape index (κ1) is 25.6. The summed E-state index contributed by atoms with van der Waals surface area (Å²) in [6.07, 6.45) is -1.81. The smallest absolute Gasteiger partial charge is 0.303 e. The van der Waals surface area contributed by atoms with Crippen LogP contribution >= 0.6 is 0 Å². The van der Waals surface area contributed by atoms with Gasteiger partial charge in [-0.3, -0.25) is 19.0 Å².